The summed E-state index contributed by atoms with van der Waals surface area (Å²) in [5.74, 6) is -0.590. The maximum Gasteiger partial charge on any atom is 0.306 e. The highest BCUT2D eigenvalue weighted by atomic mass is 16.6. The van der Waals surface area contributed by atoms with Gasteiger partial charge in [0.25, 0.3) is 0 Å². The van der Waals surface area contributed by atoms with Crippen molar-refractivity contribution in [1.29, 1.82) is 0 Å². The molecule has 0 aliphatic carbocycles. The van der Waals surface area contributed by atoms with E-state index in [-0.39, 0.29) is 25.2 Å². The maximum atomic E-state index is 12.3. The smallest absolute Gasteiger partial charge is 0.306 e. The predicted octanol–water partition coefficient (Wildman–Crippen LogP) is 19.6. The van der Waals surface area contributed by atoms with Crippen LogP contribution in [0.3, 0.4) is 0 Å². The van der Waals surface area contributed by atoms with Crippen LogP contribution in [-0.4, -0.2) is 36.4 Å². The zero-order chi connectivity index (χ0) is 48.5. The van der Waals surface area contributed by atoms with E-state index in [1.807, 2.05) is 0 Å². The molecule has 5 nitrogen and oxygen atoms in total. The Morgan fingerprint density at radius 1 is 0.358 bits per heavy atom. The minimum Gasteiger partial charge on any atom is -0.462 e. The van der Waals surface area contributed by atoms with Crippen molar-refractivity contribution < 1.29 is 24.2 Å². The molecule has 0 bridgehead atoms. The van der Waals surface area contributed by atoms with E-state index >= 15 is 0 Å². The molecule has 0 aliphatic rings. The Labute approximate surface area is 416 Å². The fourth-order valence-electron chi connectivity index (χ4n) is 8.40. The number of aliphatic hydroxyl groups is 1. The van der Waals surface area contributed by atoms with Gasteiger partial charge in [-0.2, -0.15) is 0 Å². The van der Waals surface area contributed by atoms with Crippen molar-refractivity contribution in [3.8, 4) is 0 Å². The third kappa shape index (κ3) is 55.8. The second-order valence-corrected chi connectivity index (χ2v) is 19.3. The Kier molecular flexibility index (Phi) is 55.4. The van der Waals surface area contributed by atoms with E-state index < -0.39 is 6.10 Å². The monoisotopic (exact) mass is 935 g/mol. The highest BCUT2D eigenvalue weighted by molar-refractivity contribution is 5.70. The molecule has 0 aromatic rings. The Hall–Kier alpha value is -2.66. The normalized spacial score (nSPS) is 12.7. The zero-order valence-electron chi connectivity index (χ0n) is 44.4. The summed E-state index contributed by atoms with van der Waals surface area (Å²) >= 11 is 0. The number of hydrogen-bond donors (Lipinski definition) is 1. The number of unbranched alkanes of at least 4 members (excludes halogenated alkanes) is 33. The first-order chi connectivity index (χ1) is 33.1. The van der Waals surface area contributed by atoms with Crippen LogP contribution in [0.5, 0.6) is 0 Å². The van der Waals surface area contributed by atoms with Gasteiger partial charge in [0.1, 0.15) is 6.61 Å². The number of allylic oxidation sites excluding steroid dienone is 12. The predicted molar refractivity (Wildman–Crippen MR) is 293 cm³/mol. The highest BCUT2D eigenvalue weighted by Gasteiger charge is 2.16. The fraction of sp³-hybridized carbons (Fsp3) is 0.774. The number of esters is 2. The Balaban J connectivity index is 3.41. The molecule has 67 heavy (non-hydrogen) atoms. The summed E-state index contributed by atoms with van der Waals surface area (Å²) in [6, 6.07) is 0. The van der Waals surface area contributed by atoms with Crippen molar-refractivity contribution >= 4 is 11.9 Å². The van der Waals surface area contributed by atoms with Gasteiger partial charge in [-0.3, -0.25) is 9.59 Å². The average molecular weight is 936 g/mol. The lowest BCUT2D eigenvalue weighted by molar-refractivity contribution is -0.161. The Morgan fingerprint density at radius 2 is 0.642 bits per heavy atom. The number of carbonyl (C=O) groups is 2. The highest BCUT2D eigenvalue weighted by Crippen LogP contribution is 2.17. The van der Waals surface area contributed by atoms with Crippen LogP contribution in [0.25, 0.3) is 0 Å². The van der Waals surface area contributed by atoms with Crippen molar-refractivity contribution in [2.75, 3.05) is 13.2 Å². The van der Waals surface area contributed by atoms with Crippen LogP contribution in [0.1, 0.15) is 290 Å². The van der Waals surface area contributed by atoms with Crippen LogP contribution in [0, 0.1) is 0 Å². The van der Waals surface area contributed by atoms with Gasteiger partial charge in [0.2, 0.25) is 0 Å². The van der Waals surface area contributed by atoms with Crippen LogP contribution < -0.4 is 0 Å². The minimum atomic E-state index is -0.774. The van der Waals surface area contributed by atoms with E-state index in [4.69, 9.17) is 9.47 Å². The molecule has 1 unspecified atom stereocenters. The first-order valence-electron chi connectivity index (χ1n) is 29.0. The van der Waals surface area contributed by atoms with Gasteiger partial charge in [-0.15, -0.1) is 0 Å². The van der Waals surface area contributed by atoms with Crippen molar-refractivity contribution in [1.82, 2.24) is 0 Å². The molecule has 1 N–H and O–H groups in total. The maximum absolute atomic E-state index is 12.3. The summed E-state index contributed by atoms with van der Waals surface area (Å²) in [6.45, 7) is 4.03. The second kappa shape index (κ2) is 57.7. The summed E-state index contributed by atoms with van der Waals surface area (Å²) in [5.41, 5.74) is 0. The van der Waals surface area contributed by atoms with Gasteiger partial charge in [-0.05, 0) is 83.5 Å². The molecule has 0 fully saturated rings. The van der Waals surface area contributed by atoms with Crippen molar-refractivity contribution in [3.05, 3.63) is 72.9 Å². The number of ether oxygens (including phenoxy) is 2. The lowest BCUT2D eigenvalue weighted by Gasteiger charge is -2.15. The van der Waals surface area contributed by atoms with Gasteiger partial charge >= 0.3 is 11.9 Å². The van der Waals surface area contributed by atoms with Gasteiger partial charge in [-0.1, -0.05) is 267 Å². The molecule has 0 aromatic heterocycles. The number of aliphatic hydroxyl groups excluding tert-OH is 1. The summed E-state index contributed by atoms with van der Waals surface area (Å²) in [6.07, 6.45) is 79.0. The Bertz CT molecular complexity index is 1190. The van der Waals surface area contributed by atoms with Crippen LogP contribution in [-0.2, 0) is 19.1 Å². The molecule has 388 valence electrons. The van der Waals surface area contributed by atoms with E-state index in [0.717, 1.165) is 77.0 Å². The van der Waals surface area contributed by atoms with Crippen molar-refractivity contribution in [3.63, 3.8) is 0 Å². The topological polar surface area (TPSA) is 72.8 Å². The van der Waals surface area contributed by atoms with Crippen LogP contribution in [0.4, 0.5) is 0 Å². The van der Waals surface area contributed by atoms with E-state index in [0.29, 0.717) is 12.8 Å². The summed E-state index contributed by atoms with van der Waals surface area (Å²) in [5, 5.41) is 9.63. The summed E-state index contributed by atoms with van der Waals surface area (Å²) < 4.78 is 10.7. The molecule has 0 amide bonds. The molecule has 1 atom stereocenters. The minimum absolute atomic E-state index is 0.0676. The molecule has 0 radical (unpaired) electrons. The Morgan fingerprint density at radius 3 is 0.985 bits per heavy atom. The lowest BCUT2D eigenvalue weighted by atomic mass is 10.0. The van der Waals surface area contributed by atoms with Crippen molar-refractivity contribution in [2.45, 2.75) is 296 Å². The van der Waals surface area contributed by atoms with E-state index in [1.54, 1.807) is 0 Å². The van der Waals surface area contributed by atoms with Crippen molar-refractivity contribution in [2.24, 2.45) is 0 Å². The quantitative estimate of drug-likeness (QED) is 0.0374. The molecule has 0 aliphatic heterocycles. The number of hydrogen-bond acceptors (Lipinski definition) is 5. The molecule has 0 spiro atoms. The van der Waals surface area contributed by atoms with Crippen LogP contribution in [0.2, 0.25) is 0 Å². The molecular weight excluding hydrogens is 825 g/mol. The van der Waals surface area contributed by atoms with Gasteiger partial charge in [0.05, 0.1) is 6.61 Å². The van der Waals surface area contributed by atoms with E-state index in [1.165, 1.54) is 186 Å². The van der Waals surface area contributed by atoms with Gasteiger partial charge in [0.15, 0.2) is 6.10 Å². The number of carbonyl (C=O) groups excluding carboxylic acids is 2. The average Bonchev–Trinajstić information content (AvgIpc) is 3.33. The van der Waals surface area contributed by atoms with E-state index in [2.05, 4.69) is 86.8 Å². The van der Waals surface area contributed by atoms with Gasteiger partial charge < -0.3 is 14.6 Å². The largest absolute Gasteiger partial charge is 0.462 e. The summed E-state index contributed by atoms with van der Waals surface area (Å²) in [7, 11) is 0. The third-order valence-electron chi connectivity index (χ3n) is 12.7. The first-order valence-corrected chi connectivity index (χ1v) is 29.0. The molecule has 0 rings (SSSR count). The standard InChI is InChI=1S/C62H110O5/c1-3-5-7-9-11-13-15-17-19-20-21-22-23-24-25-26-27-28-29-30-31-32-33-34-35-36-37-38-39-40-41-42-43-45-47-49-51-53-55-57-62(65)67-60(58-63)59-66-61(64)56-54-52-50-48-46-44-18-16-14-12-10-8-6-4-2/h5,7,11,13,16-19,21-22,24-25,60,63H,3-4,6,8-10,12,14-15,20,23,26-59H2,1-2H3/b7-5-,13-11-,18-16-,19-17-,22-21-,25-24-. The lowest BCUT2D eigenvalue weighted by Crippen LogP contribution is -2.28. The SMILES string of the molecule is CC/C=C\C/C=C\C/C=C\C/C=C\C/C=C\CCCCCCCCCCCCCCCCCCCCCCCCCC(=O)OC(CO)COC(=O)CCCCCCC/C=C\CCCCCCC. The molecular formula is C62H110O5. The molecule has 0 saturated carbocycles. The third-order valence-corrected chi connectivity index (χ3v) is 12.7. The van der Waals surface area contributed by atoms with Gasteiger partial charge in [-0.25, -0.2) is 0 Å². The van der Waals surface area contributed by atoms with Gasteiger partial charge in [0, 0.05) is 12.8 Å². The molecule has 0 heterocycles. The van der Waals surface area contributed by atoms with E-state index in [9.17, 15) is 14.7 Å². The molecule has 5 heteroatoms. The van der Waals surface area contributed by atoms with Crippen LogP contribution >= 0.6 is 0 Å². The summed E-state index contributed by atoms with van der Waals surface area (Å²) in [4.78, 5) is 24.4. The second-order valence-electron chi connectivity index (χ2n) is 19.3. The van der Waals surface area contributed by atoms with Crippen LogP contribution in [0.15, 0.2) is 72.9 Å². The zero-order valence-corrected chi connectivity index (χ0v) is 44.4. The first kappa shape index (κ1) is 64.3. The molecule has 0 aromatic carbocycles. The fourth-order valence-corrected chi connectivity index (χ4v) is 8.40. The number of rotatable bonds is 53. The molecule has 0 saturated heterocycles.